The van der Waals surface area contributed by atoms with Crippen molar-refractivity contribution in [3.8, 4) is 0 Å². The summed E-state index contributed by atoms with van der Waals surface area (Å²) in [6, 6.07) is 19.7. The van der Waals surface area contributed by atoms with Crippen LogP contribution in [0.4, 0.5) is 0 Å². The van der Waals surface area contributed by atoms with Crippen LogP contribution in [0.2, 0.25) is 13.1 Å². The molecule has 0 aliphatic heterocycles. The third-order valence-corrected chi connectivity index (χ3v) is 8.84. The molecule has 0 saturated carbocycles. The Morgan fingerprint density at radius 3 is 2.23 bits per heavy atom. The summed E-state index contributed by atoms with van der Waals surface area (Å²) in [6.07, 6.45) is 9.04. The van der Waals surface area contributed by atoms with Gasteiger partial charge >= 0.3 is 0 Å². The quantitative estimate of drug-likeness (QED) is 0.815. The van der Waals surface area contributed by atoms with Crippen molar-refractivity contribution in [3.05, 3.63) is 94.9 Å². The first-order valence-electron chi connectivity index (χ1n) is 9.44. The molecule has 2 heteroatoms. The zero-order chi connectivity index (χ0) is 18.4. The molecular formula is C24H27NSi. The van der Waals surface area contributed by atoms with E-state index in [2.05, 4.69) is 111 Å². The lowest BCUT2D eigenvalue weighted by atomic mass is 9.96. The Labute approximate surface area is 157 Å². The van der Waals surface area contributed by atoms with Crippen LogP contribution in [0.25, 0.3) is 10.8 Å². The lowest BCUT2D eigenvalue weighted by Crippen LogP contribution is -2.57. The number of hydrogen-bond acceptors (Lipinski definition) is 1. The summed E-state index contributed by atoms with van der Waals surface area (Å²) in [5.41, 5.74) is 2.74. The van der Waals surface area contributed by atoms with Crippen molar-refractivity contribution in [1.82, 2.24) is 4.98 Å². The molecule has 1 N–H and O–H groups in total. The maximum absolute atomic E-state index is 4.10. The van der Waals surface area contributed by atoms with Crippen molar-refractivity contribution in [2.75, 3.05) is 0 Å². The first kappa shape index (κ1) is 17.3. The number of rotatable bonds is 4. The first-order chi connectivity index (χ1) is 12.4. The first-order valence-corrected chi connectivity index (χ1v) is 12.4. The van der Waals surface area contributed by atoms with Crippen LogP contribution >= 0.6 is 0 Å². The molecule has 0 spiro atoms. The maximum atomic E-state index is 4.10. The zero-order valence-electron chi connectivity index (χ0n) is 16.1. The Morgan fingerprint density at radius 2 is 1.50 bits per heavy atom. The molecule has 1 unspecified atom stereocenters. The molecule has 132 valence electrons. The predicted octanol–water partition coefficient (Wildman–Crippen LogP) is 4.01. The summed E-state index contributed by atoms with van der Waals surface area (Å²) in [4.78, 5) is 4.10. The Balaban J connectivity index is 1.82. The van der Waals surface area contributed by atoms with Crippen LogP contribution in [0.3, 0.4) is 0 Å². The third kappa shape index (κ3) is 2.83. The van der Waals surface area contributed by atoms with Gasteiger partial charge in [-0.2, -0.15) is 0 Å². The summed E-state index contributed by atoms with van der Waals surface area (Å²) in [6.45, 7) is 9.53. The maximum Gasteiger partial charge on any atom is 0.149 e. The van der Waals surface area contributed by atoms with Gasteiger partial charge in [0.05, 0.1) is 0 Å². The lowest BCUT2D eigenvalue weighted by molar-refractivity contribution is 0.489. The smallest absolute Gasteiger partial charge is 0.149 e. The van der Waals surface area contributed by atoms with Crippen molar-refractivity contribution < 1.29 is 0 Å². The molecular weight excluding hydrogens is 330 g/mol. The molecule has 0 bridgehead atoms. The number of fused-ring (bicyclic) bond motifs is 2. The molecule has 0 amide bonds. The average Bonchev–Trinajstić information content (AvgIpc) is 2.97. The minimum Gasteiger partial charge on any atom is -0.325 e. The summed E-state index contributed by atoms with van der Waals surface area (Å²) < 4.78 is 0. The molecule has 2 aromatic carbocycles. The van der Waals surface area contributed by atoms with Crippen LogP contribution in [-0.4, -0.2) is 8.24 Å². The second-order valence-corrected chi connectivity index (χ2v) is 12.4. The second-order valence-electron chi connectivity index (χ2n) is 8.38. The highest BCUT2D eigenvalue weighted by molar-refractivity contribution is 6.91. The molecule has 1 nitrogen and oxygen atoms in total. The molecule has 0 fully saturated rings. The van der Waals surface area contributed by atoms with E-state index in [0.717, 1.165) is 0 Å². The topological polar surface area (TPSA) is 12.0 Å². The van der Waals surface area contributed by atoms with Gasteiger partial charge in [0, 0.05) is 11.5 Å². The van der Waals surface area contributed by atoms with Gasteiger partial charge in [0.1, 0.15) is 8.24 Å². The Kier molecular flexibility index (Phi) is 4.13. The van der Waals surface area contributed by atoms with E-state index in [9.17, 15) is 0 Å². The Hall–Kier alpha value is -2.16. The molecule has 1 atom stereocenters. The molecule has 2 aromatic rings. The minimum atomic E-state index is -1.89. The molecule has 0 saturated heterocycles. The van der Waals surface area contributed by atoms with E-state index in [4.69, 9.17) is 0 Å². The van der Waals surface area contributed by atoms with Crippen molar-refractivity contribution in [2.45, 2.75) is 32.5 Å². The van der Waals surface area contributed by atoms with Gasteiger partial charge in [-0.3, -0.25) is 0 Å². The lowest BCUT2D eigenvalue weighted by Gasteiger charge is -2.39. The second kappa shape index (κ2) is 6.22. The zero-order valence-corrected chi connectivity index (χ0v) is 17.1. The van der Waals surface area contributed by atoms with Crippen LogP contribution in [0.5, 0.6) is 0 Å². The summed E-state index contributed by atoms with van der Waals surface area (Å²) >= 11 is 0. The van der Waals surface area contributed by atoms with Crippen LogP contribution in [0, 0.1) is 5.92 Å². The summed E-state index contributed by atoms with van der Waals surface area (Å²) in [5, 5.41) is 4.46. The third-order valence-electron chi connectivity index (χ3n) is 5.66. The van der Waals surface area contributed by atoms with E-state index in [0.29, 0.717) is 5.92 Å². The van der Waals surface area contributed by atoms with Gasteiger partial charge in [-0.25, -0.2) is 0 Å². The van der Waals surface area contributed by atoms with Crippen LogP contribution in [0.1, 0.15) is 19.4 Å². The van der Waals surface area contributed by atoms with Gasteiger partial charge in [-0.05, 0) is 40.6 Å². The van der Waals surface area contributed by atoms with E-state index in [1.54, 1.807) is 5.20 Å². The van der Waals surface area contributed by atoms with Crippen molar-refractivity contribution >= 4 is 19.0 Å². The molecule has 26 heavy (non-hydrogen) atoms. The van der Waals surface area contributed by atoms with E-state index in [-0.39, 0.29) is 5.54 Å². The van der Waals surface area contributed by atoms with Gasteiger partial charge in [-0.15, -0.1) is 0 Å². The standard InChI is InChI=1S/C24H27NSi/c1-24(2,18-12-6-5-7-13-18)25-26(3,4)23-21-16-10-8-14-19(21)20-15-9-11-17-22(20)23/h5-17,21,25H,1-4H3. The molecule has 4 rings (SSSR count). The predicted molar refractivity (Wildman–Crippen MR) is 114 cm³/mol. The van der Waals surface area contributed by atoms with Crippen molar-refractivity contribution in [3.63, 3.8) is 0 Å². The van der Waals surface area contributed by atoms with E-state index in [1.807, 2.05) is 0 Å². The molecule has 2 aliphatic carbocycles. The van der Waals surface area contributed by atoms with Crippen LogP contribution < -0.4 is 15.4 Å². The molecule has 2 aliphatic rings. The number of benzene rings is 2. The van der Waals surface area contributed by atoms with Gasteiger partial charge in [0.15, 0.2) is 0 Å². The summed E-state index contributed by atoms with van der Waals surface area (Å²) in [7, 11) is -1.89. The Morgan fingerprint density at radius 1 is 0.846 bits per heavy atom. The fourth-order valence-electron chi connectivity index (χ4n) is 4.69. The van der Waals surface area contributed by atoms with Gasteiger partial charge in [-0.1, -0.05) is 92.0 Å². The van der Waals surface area contributed by atoms with Gasteiger partial charge in [0.25, 0.3) is 0 Å². The minimum absolute atomic E-state index is 0.0596. The van der Waals surface area contributed by atoms with E-state index >= 15 is 0 Å². The monoisotopic (exact) mass is 357 g/mol. The average molecular weight is 358 g/mol. The fraction of sp³-hybridized carbons (Fsp3) is 0.250. The fourth-order valence-corrected chi connectivity index (χ4v) is 8.45. The van der Waals surface area contributed by atoms with Crippen LogP contribution in [0.15, 0.2) is 78.9 Å². The highest BCUT2D eigenvalue weighted by Gasteiger charge is 2.39. The van der Waals surface area contributed by atoms with E-state index < -0.39 is 8.24 Å². The largest absolute Gasteiger partial charge is 0.325 e. The normalized spacial score (nSPS) is 18.8. The number of hydrogen-bond donors (Lipinski definition) is 1. The molecule has 0 aromatic heterocycles. The molecule has 0 radical (unpaired) electrons. The number of nitrogens with one attached hydrogen (secondary N) is 1. The van der Waals surface area contributed by atoms with Crippen molar-refractivity contribution in [1.29, 1.82) is 0 Å². The highest BCUT2D eigenvalue weighted by Crippen LogP contribution is 2.36. The summed E-state index contributed by atoms with van der Waals surface area (Å²) in [5.74, 6) is 0.415. The van der Waals surface area contributed by atoms with Gasteiger partial charge in [0.2, 0.25) is 0 Å². The van der Waals surface area contributed by atoms with E-state index in [1.165, 1.54) is 21.6 Å². The molecule has 0 heterocycles. The highest BCUT2D eigenvalue weighted by atomic mass is 28.3. The Bertz CT molecular complexity index is 1010. The van der Waals surface area contributed by atoms with Crippen LogP contribution in [-0.2, 0) is 5.54 Å². The van der Waals surface area contributed by atoms with Gasteiger partial charge < -0.3 is 4.98 Å². The number of allylic oxidation sites excluding steroid dienone is 4. The van der Waals surface area contributed by atoms with Crippen molar-refractivity contribution in [2.24, 2.45) is 5.92 Å². The SMILES string of the molecule is CC(C)(N[Si](C)(C)C1=c2ccccc2=C2C=CC=CC21)c1ccccc1.